The summed E-state index contributed by atoms with van der Waals surface area (Å²) in [6, 6.07) is 15.3. The summed E-state index contributed by atoms with van der Waals surface area (Å²) in [6.07, 6.45) is 0. The normalized spacial score (nSPS) is 10.9. The minimum absolute atomic E-state index is 0.0101. The minimum Gasteiger partial charge on any atom is -0.452 e. The first-order valence-corrected chi connectivity index (χ1v) is 9.29. The lowest BCUT2D eigenvalue weighted by Gasteiger charge is -2.12. The van der Waals surface area contributed by atoms with Crippen molar-refractivity contribution in [2.24, 2.45) is 0 Å². The Hall–Kier alpha value is -3.21. The zero-order valence-corrected chi connectivity index (χ0v) is 16.6. The molecule has 1 amide bonds. The van der Waals surface area contributed by atoms with Gasteiger partial charge in [-0.1, -0.05) is 42.0 Å². The molecule has 28 heavy (non-hydrogen) atoms. The number of aryl methyl sites for hydroxylation is 2. The summed E-state index contributed by atoms with van der Waals surface area (Å²) in [4.78, 5) is 29.3. The van der Waals surface area contributed by atoms with E-state index in [0.29, 0.717) is 22.2 Å². The van der Waals surface area contributed by atoms with Crippen molar-refractivity contribution in [3.63, 3.8) is 0 Å². The second-order valence-corrected chi connectivity index (χ2v) is 7.19. The summed E-state index contributed by atoms with van der Waals surface area (Å²) < 4.78 is 5.26. The number of carbonyl (C=O) groups excluding carboxylic acids is 2. The first-order chi connectivity index (χ1) is 13.3. The third-order valence-corrected chi connectivity index (χ3v) is 4.38. The van der Waals surface area contributed by atoms with Gasteiger partial charge in [0.1, 0.15) is 0 Å². The maximum Gasteiger partial charge on any atom is 0.339 e. The molecule has 0 saturated carbocycles. The van der Waals surface area contributed by atoms with Gasteiger partial charge < -0.3 is 10.1 Å². The van der Waals surface area contributed by atoms with Gasteiger partial charge in [-0.15, -0.1) is 0 Å². The zero-order chi connectivity index (χ0) is 20.3. The molecule has 144 valence electrons. The third-order valence-electron chi connectivity index (χ3n) is 4.38. The summed E-state index contributed by atoms with van der Waals surface area (Å²) in [5.74, 6) is -0.861. The molecular weight excluding hydrogens is 352 g/mol. The smallest absolute Gasteiger partial charge is 0.339 e. The fourth-order valence-electron chi connectivity index (χ4n) is 3.16. The van der Waals surface area contributed by atoms with Crippen LogP contribution in [0.25, 0.3) is 22.2 Å². The van der Waals surface area contributed by atoms with Crippen LogP contribution in [0.5, 0.6) is 0 Å². The van der Waals surface area contributed by atoms with E-state index in [1.807, 2.05) is 64.1 Å². The molecule has 3 aromatic rings. The van der Waals surface area contributed by atoms with Crippen molar-refractivity contribution in [2.75, 3.05) is 6.61 Å². The van der Waals surface area contributed by atoms with Crippen LogP contribution in [0.2, 0.25) is 0 Å². The fraction of sp³-hybridized carbons (Fsp3) is 0.261. The Balaban J connectivity index is 1.99. The summed E-state index contributed by atoms with van der Waals surface area (Å²) in [6.45, 7) is 7.45. The molecule has 1 aromatic heterocycles. The lowest BCUT2D eigenvalue weighted by molar-refractivity contribution is -0.124. The van der Waals surface area contributed by atoms with E-state index in [9.17, 15) is 9.59 Å². The Morgan fingerprint density at radius 1 is 1.07 bits per heavy atom. The van der Waals surface area contributed by atoms with Crippen molar-refractivity contribution in [2.45, 2.75) is 33.7 Å². The van der Waals surface area contributed by atoms with Crippen LogP contribution < -0.4 is 5.32 Å². The van der Waals surface area contributed by atoms with Crippen LogP contribution in [0.15, 0.2) is 48.5 Å². The number of fused-ring (bicyclic) bond motifs is 1. The molecule has 2 aromatic carbocycles. The van der Waals surface area contributed by atoms with Crippen LogP contribution in [-0.4, -0.2) is 29.5 Å². The van der Waals surface area contributed by atoms with E-state index in [1.54, 1.807) is 6.07 Å². The molecule has 0 saturated heterocycles. The van der Waals surface area contributed by atoms with E-state index >= 15 is 0 Å². The number of nitrogens with zero attached hydrogens (tertiary/aromatic N) is 1. The lowest BCUT2D eigenvalue weighted by atomic mass is 9.99. The number of hydrogen-bond donors (Lipinski definition) is 1. The van der Waals surface area contributed by atoms with Crippen molar-refractivity contribution in [3.05, 3.63) is 65.2 Å². The Morgan fingerprint density at radius 2 is 1.82 bits per heavy atom. The van der Waals surface area contributed by atoms with Crippen LogP contribution in [0.4, 0.5) is 0 Å². The molecule has 1 heterocycles. The van der Waals surface area contributed by atoms with E-state index in [0.717, 1.165) is 16.7 Å². The van der Waals surface area contributed by atoms with Gasteiger partial charge in [-0.2, -0.15) is 0 Å². The quantitative estimate of drug-likeness (QED) is 0.678. The SMILES string of the molecule is Cc1ccc(-c2cc(C(=O)OCC(=O)NC(C)C)c3ccccc3n2)c(C)c1. The van der Waals surface area contributed by atoms with Gasteiger partial charge in [-0.3, -0.25) is 4.79 Å². The second-order valence-electron chi connectivity index (χ2n) is 7.19. The van der Waals surface area contributed by atoms with Crippen LogP contribution in [0.3, 0.4) is 0 Å². The molecule has 0 atom stereocenters. The Bertz CT molecular complexity index is 1040. The lowest BCUT2D eigenvalue weighted by Crippen LogP contribution is -2.34. The van der Waals surface area contributed by atoms with Crippen molar-refractivity contribution >= 4 is 22.8 Å². The fourth-order valence-corrected chi connectivity index (χ4v) is 3.16. The molecule has 0 aliphatic carbocycles. The topological polar surface area (TPSA) is 68.3 Å². The van der Waals surface area contributed by atoms with Gasteiger partial charge in [0, 0.05) is 17.0 Å². The number of amides is 1. The van der Waals surface area contributed by atoms with Crippen molar-refractivity contribution in [3.8, 4) is 11.3 Å². The summed E-state index contributed by atoms with van der Waals surface area (Å²) in [5.41, 5.74) is 5.02. The predicted molar refractivity (Wildman–Crippen MR) is 110 cm³/mol. The molecular formula is C23H24N2O3. The van der Waals surface area contributed by atoms with Crippen LogP contribution in [-0.2, 0) is 9.53 Å². The Kier molecular flexibility index (Phi) is 5.73. The van der Waals surface area contributed by atoms with Crippen LogP contribution in [0, 0.1) is 13.8 Å². The number of esters is 1. The van der Waals surface area contributed by atoms with E-state index in [4.69, 9.17) is 9.72 Å². The number of carbonyl (C=O) groups is 2. The summed E-state index contributed by atoms with van der Waals surface area (Å²) in [5, 5.41) is 3.41. The highest BCUT2D eigenvalue weighted by atomic mass is 16.5. The average molecular weight is 376 g/mol. The van der Waals surface area contributed by atoms with Gasteiger partial charge in [0.05, 0.1) is 16.8 Å². The highest BCUT2D eigenvalue weighted by Gasteiger charge is 2.17. The van der Waals surface area contributed by atoms with Gasteiger partial charge in [-0.25, -0.2) is 9.78 Å². The molecule has 3 rings (SSSR count). The van der Waals surface area contributed by atoms with Crippen LogP contribution in [0.1, 0.15) is 35.3 Å². The van der Waals surface area contributed by atoms with Crippen molar-refractivity contribution in [1.29, 1.82) is 0 Å². The third kappa shape index (κ3) is 4.36. The number of ether oxygens (including phenoxy) is 1. The maximum absolute atomic E-state index is 12.7. The van der Waals surface area contributed by atoms with Gasteiger partial charge in [0.25, 0.3) is 5.91 Å². The molecule has 1 N–H and O–H groups in total. The molecule has 0 aliphatic heterocycles. The van der Waals surface area contributed by atoms with E-state index in [1.165, 1.54) is 0 Å². The first-order valence-electron chi connectivity index (χ1n) is 9.29. The monoisotopic (exact) mass is 376 g/mol. The molecule has 5 heteroatoms. The van der Waals surface area contributed by atoms with Crippen LogP contribution >= 0.6 is 0 Å². The van der Waals surface area contributed by atoms with E-state index < -0.39 is 5.97 Å². The number of para-hydroxylation sites is 1. The Morgan fingerprint density at radius 3 is 2.54 bits per heavy atom. The molecule has 0 bridgehead atoms. The highest BCUT2D eigenvalue weighted by molar-refractivity contribution is 6.05. The molecule has 0 unspecified atom stereocenters. The number of nitrogens with one attached hydrogen (secondary N) is 1. The first kappa shape index (κ1) is 19.5. The molecule has 0 aliphatic rings. The van der Waals surface area contributed by atoms with Gasteiger partial charge in [-0.05, 0) is 45.4 Å². The van der Waals surface area contributed by atoms with Crippen molar-refractivity contribution < 1.29 is 14.3 Å². The number of rotatable bonds is 5. The highest BCUT2D eigenvalue weighted by Crippen LogP contribution is 2.28. The predicted octanol–water partition coefficient (Wildman–Crippen LogP) is 4.20. The number of benzene rings is 2. The average Bonchev–Trinajstić information content (AvgIpc) is 2.64. The second kappa shape index (κ2) is 8.21. The van der Waals surface area contributed by atoms with E-state index in [2.05, 4.69) is 11.4 Å². The molecule has 5 nitrogen and oxygen atoms in total. The van der Waals surface area contributed by atoms with Gasteiger partial charge >= 0.3 is 5.97 Å². The minimum atomic E-state index is -0.538. The molecule has 0 fully saturated rings. The Labute approximate surface area is 164 Å². The number of hydrogen-bond acceptors (Lipinski definition) is 4. The zero-order valence-electron chi connectivity index (χ0n) is 16.6. The number of aromatic nitrogens is 1. The molecule has 0 radical (unpaired) electrons. The molecule has 0 spiro atoms. The maximum atomic E-state index is 12.7. The van der Waals surface area contributed by atoms with Gasteiger partial charge in [0.15, 0.2) is 6.61 Å². The summed E-state index contributed by atoms with van der Waals surface area (Å²) >= 11 is 0. The van der Waals surface area contributed by atoms with Gasteiger partial charge in [0.2, 0.25) is 0 Å². The largest absolute Gasteiger partial charge is 0.452 e. The number of pyridine rings is 1. The standard InChI is InChI=1S/C23H24N2O3/c1-14(2)24-22(26)13-28-23(27)19-12-21(17-10-9-15(3)11-16(17)4)25-20-8-6-5-7-18(19)20/h5-12,14H,13H2,1-4H3,(H,24,26). The van der Waals surface area contributed by atoms with Crippen molar-refractivity contribution in [1.82, 2.24) is 10.3 Å². The summed E-state index contributed by atoms with van der Waals surface area (Å²) in [7, 11) is 0. The van der Waals surface area contributed by atoms with E-state index in [-0.39, 0.29) is 18.6 Å².